The topological polar surface area (TPSA) is 126 Å². The Kier molecular flexibility index (Phi) is 11.0. The number of hydrogen-bond acceptors (Lipinski definition) is 7. The molecule has 10 nitrogen and oxygen atoms in total. The fourth-order valence-electron chi connectivity index (χ4n) is 6.79. The molecule has 1 saturated carbocycles. The molecule has 1 aliphatic carbocycles. The van der Waals surface area contributed by atoms with Crippen LogP contribution in [-0.2, 0) is 16.0 Å². The fraction of sp³-hybridized carbons (Fsp3) is 0.432. The van der Waals surface area contributed by atoms with Crippen LogP contribution in [0.4, 0.5) is 10.5 Å². The Bertz CT molecular complexity index is 1530. The van der Waals surface area contributed by atoms with Crippen molar-refractivity contribution in [3.8, 4) is 11.1 Å². The molecule has 1 heterocycles. The summed E-state index contributed by atoms with van der Waals surface area (Å²) in [5.74, 6) is -0.217. The molecule has 0 atom stereocenters. The van der Waals surface area contributed by atoms with Crippen LogP contribution < -0.4 is 10.7 Å². The highest BCUT2D eigenvalue weighted by atomic mass is 16.6. The summed E-state index contributed by atoms with van der Waals surface area (Å²) in [6.07, 6.45) is 4.68. The lowest BCUT2D eigenvalue weighted by molar-refractivity contribution is -0.123. The number of benzene rings is 3. The van der Waals surface area contributed by atoms with E-state index in [1.54, 1.807) is 17.0 Å². The number of primary amides is 1. The molecule has 2 N–H and O–H groups in total. The number of likely N-dealkylation sites (N-methyl/N-ethyl adjacent to an activating group) is 1. The maximum Gasteiger partial charge on any atom is 0.438 e. The van der Waals surface area contributed by atoms with Crippen molar-refractivity contribution >= 4 is 23.6 Å². The molecule has 5 rings (SSSR count). The maximum absolute atomic E-state index is 13.1. The number of nitroso groups, excluding NO2 is 1. The first kappa shape index (κ1) is 33.8. The Morgan fingerprint density at radius 2 is 1.55 bits per heavy atom. The van der Waals surface area contributed by atoms with Gasteiger partial charge < -0.3 is 20.3 Å². The lowest BCUT2D eigenvalue weighted by Crippen LogP contribution is -2.43. The first-order valence-corrected chi connectivity index (χ1v) is 16.5. The van der Waals surface area contributed by atoms with Gasteiger partial charge in [-0.2, -0.15) is 0 Å². The number of rotatable bonds is 11. The zero-order chi connectivity index (χ0) is 33.4. The molecule has 2 fully saturated rings. The predicted octanol–water partition coefficient (Wildman–Crippen LogP) is 6.44. The zero-order valence-electron chi connectivity index (χ0n) is 27.3. The van der Waals surface area contributed by atoms with Crippen LogP contribution in [0.15, 0.2) is 84.1 Å². The highest BCUT2D eigenvalue weighted by molar-refractivity contribution is 5.94. The van der Waals surface area contributed by atoms with Gasteiger partial charge in [0.25, 0.3) is 5.91 Å². The van der Waals surface area contributed by atoms with Gasteiger partial charge in [0.05, 0.1) is 11.0 Å². The second kappa shape index (κ2) is 15.3. The van der Waals surface area contributed by atoms with Crippen molar-refractivity contribution in [3.63, 3.8) is 0 Å². The van der Waals surface area contributed by atoms with Crippen LogP contribution in [-0.4, -0.2) is 67.0 Å². The van der Waals surface area contributed by atoms with E-state index in [0.29, 0.717) is 55.8 Å². The Balaban J connectivity index is 1.06. The average molecular weight is 640 g/mol. The van der Waals surface area contributed by atoms with Crippen molar-refractivity contribution < 1.29 is 19.1 Å². The van der Waals surface area contributed by atoms with E-state index in [0.717, 1.165) is 42.7 Å². The first-order chi connectivity index (χ1) is 22.7. The van der Waals surface area contributed by atoms with Gasteiger partial charge in [-0.1, -0.05) is 67.6 Å². The zero-order valence-corrected chi connectivity index (χ0v) is 27.3. The van der Waals surface area contributed by atoms with Crippen molar-refractivity contribution in [2.75, 3.05) is 38.2 Å². The predicted molar refractivity (Wildman–Crippen MR) is 182 cm³/mol. The summed E-state index contributed by atoms with van der Waals surface area (Å²) in [6, 6.07) is 24.5. The van der Waals surface area contributed by atoms with Crippen molar-refractivity contribution in [2.24, 2.45) is 22.4 Å². The van der Waals surface area contributed by atoms with Gasteiger partial charge in [-0.3, -0.25) is 9.59 Å². The summed E-state index contributed by atoms with van der Waals surface area (Å²) in [7, 11) is 1.82. The van der Waals surface area contributed by atoms with Crippen LogP contribution in [0, 0.1) is 16.2 Å². The molecule has 3 amide bonds. The minimum absolute atomic E-state index is 0.00597. The molecular weight excluding hydrogens is 594 g/mol. The summed E-state index contributed by atoms with van der Waals surface area (Å²) in [5.41, 5.74) is 9.44. The van der Waals surface area contributed by atoms with E-state index in [1.807, 2.05) is 73.8 Å². The smallest absolute Gasteiger partial charge is 0.438 e. The summed E-state index contributed by atoms with van der Waals surface area (Å²) >= 11 is 0. The van der Waals surface area contributed by atoms with E-state index in [4.69, 9.17) is 10.5 Å². The van der Waals surface area contributed by atoms with Crippen LogP contribution in [0.2, 0.25) is 0 Å². The normalized spacial score (nSPS) is 20.3. The summed E-state index contributed by atoms with van der Waals surface area (Å²) in [4.78, 5) is 53.5. The number of carbonyl (C=O) groups is 3. The molecule has 3 aromatic rings. The van der Waals surface area contributed by atoms with Crippen molar-refractivity contribution in [1.82, 2.24) is 9.80 Å². The molecule has 0 unspecified atom stereocenters. The SMILES string of the molecule is CN(CCN1CCC(OC(=O)N(N=O)c2ccccc2-c2ccccc2)CC1)C(=O)c1ccc(CC2(C)CCC(C(N)=O)CC2)cc1. The Morgan fingerprint density at radius 3 is 2.19 bits per heavy atom. The van der Waals surface area contributed by atoms with Crippen molar-refractivity contribution in [2.45, 2.75) is 58.0 Å². The number of nitrogens with zero attached hydrogens (tertiary/aromatic N) is 4. The fourth-order valence-corrected chi connectivity index (χ4v) is 6.79. The van der Waals surface area contributed by atoms with Crippen LogP contribution in [0.5, 0.6) is 0 Å². The molecule has 47 heavy (non-hydrogen) atoms. The second-order valence-corrected chi connectivity index (χ2v) is 13.3. The number of amides is 3. The largest absolute Gasteiger partial charge is 0.444 e. The third kappa shape index (κ3) is 8.62. The number of anilines is 1. The molecule has 10 heteroatoms. The molecule has 3 aromatic carbocycles. The number of piperidine rings is 1. The Morgan fingerprint density at radius 1 is 0.915 bits per heavy atom. The van der Waals surface area contributed by atoms with Gasteiger partial charge in [0, 0.05) is 50.3 Å². The Hall–Kier alpha value is -4.57. The van der Waals surface area contributed by atoms with Crippen LogP contribution >= 0.6 is 0 Å². The number of likely N-dealkylation sites (tertiary alicyclic amines) is 1. The first-order valence-electron chi connectivity index (χ1n) is 16.5. The van der Waals surface area contributed by atoms with E-state index >= 15 is 0 Å². The third-order valence-electron chi connectivity index (χ3n) is 9.80. The molecule has 248 valence electrons. The van der Waals surface area contributed by atoms with E-state index in [9.17, 15) is 19.3 Å². The van der Waals surface area contributed by atoms with E-state index in [-0.39, 0.29) is 29.3 Å². The molecule has 1 saturated heterocycles. The standard InChI is InChI=1S/C37H45N5O5/c1-37(20-16-29(17-21-37)34(38)43)26-27-12-14-30(15-13-27)35(44)40(2)24-25-41-22-18-31(19-23-41)47-36(45)42(39-46)33-11-7-6-10-32(33)28-8-4-3-5-9-28/h3-15,29,31H,16-26H2,1-2H3,(H2,38,43). The molecule has 0 bridgehead atoms. The van der Waals surface area contributed by atoms with Crippen molar-refractivity contribution in [1.29, 1.82) is 0 Å². The minimum Gasteiger partial charge on any atom is -0.444 e. The monoisotopic (exact) mass is 639 g/mol. The van der Waals surface area contributed by atoms with Gasteiger partial charge >= 0.3 is 6.09 Å². The second-order valence-electron chi connectivity index (χ2n) is 13.3. The highest BCUT2D eigenvalue weighted by Gasteiger charge is 2.33. The molecular formula is C37H45N5O5. The van der Waals surface area contributed by atoms with Crippen molar-refractivity contribution in [3.05, 3.63) is 94.9 Å². The van der Waals surface area contributed by atoms with E-state index in [1.165, 1.54) is 5.56 Å². The number of nitrogens with two attached hydrogens (primary N) is 1. The average Bonchev–Trinajstić information content (AvgIpc) is 3.09. The minimum atomic E-state index is -0.789. The van der Waals surface area contributed by atoms with Gasteiger partial charge in [-0.05, 0) is 79.7 Å². The molecule has 2 aliphatic rings. The lowest BCUT2D eigenvalue weighted by atomic mass is 9.68. The number of ether oxygens (including phenoxy) is 1. The van der Waals surface area contributed by atoms with Gasteiger partial charge in [0.15, 0.2) is 0 Å². The van der Waals surface area contributed by atoms with Crippen LogP contribution in [0.1, 0.15) is 61.4 Å². The Labute approximate surface area is 276 Å². The lowest BCUT2D eigenvalue weighted by Gasteiger charge is -2.36. The van der Waals surface area contributed by atoms with Gasteiger partial charge in [0.1, 0.15) is 6.10 Å². The summed E-state index contributed by atoms with van der Waals surface area (Å²) < 4.78 is 5.72. The molecule has 0 radical (unpaired) electrons. The van der Waals surface area contributed by atoms with Gasteiger partial charge in [-0.25, -0.2) is 4.79 Å². The van der Waals surface area contributed by atoms with Gasteiger partial charge in [-0.15, -0.1) is 9.92 Å². The number of carbonyl (C=O) groups excluding carboxylic acids is 3. The highest BCUT2D eigenvalue weighted by Crippen LogP contribution is 2.41. The van der Waals surface area contributed by atoms with E-state index < -0.39 is 6.09 Å². The van der Waals surface area contributed by atoms with Crippen LogP contribution in [0.3, 0.4) is 0 Å². The summed E-state index contributed by atoms with van der Waals surface area (Å²) in [5, 5.41) is 3.79. The van der Waals surface area contributed by atoms with Crippen LogP contribution in [0.25, 0.3) is 11.1 Å². The molecule has 0 aromatic heterocycles. The molecule has 1 aliphatic heterocycles. The maximum atomic E-state index is 13.1. The quantitative estimate of drug-likeness (QED) is 0.190. The third-order valence-corrected chi connectivity index (χ3v) is 9.80. The molecule has 0 spiro atoms. The van der Waals surface area contributed by atoms with Gasteiger partial charge in [0.2, 0.25) is 5.91 Å². The van der Waals surface area contributed by atoms with E-state index in [2.05, 4.69) is 17.1 Å². The number of para-hydroxylation sites is 1. The summed E-state index contributed by atoms with van der Waals surface area (Å²) in [6.45, 7) is 4.97. The number of hydrogen-bond donors (Lipinski definition) is 1.